The zero-order valence-corrected chi connectivity index (χ0v) is 12.7. The molecule has 4 heteroatoms. The predicted octanol–water partition coefficient (Wildman–Crippen LogP) is 2.03. The van der Waals surface area contributed by atoms with Crippen LogP contribution in [0.15, 0.2) is 24.3 Å². The second-order valence-electron chi connectivity index (χ2n) is 5.59. The van der Waals surface area contributed by atoms with Crippen molar-refractivity contribution in [2.45, 2.75) is 25.3 Å². The van der Waals surface area contributed by atoms with E-state index in [2.05, 4.69) is 34.5 Å². The van der Waals surface area contributed by atoms with Crippen LogP contribution in [0, 0.1) is 0 Å². The maximum atomic E-state index is 12.3. The Balaban J connectivity index is 2.14. The molecule has 0 bridgehead atoms. The van der Waals surface area contributed by atoms with Crippen molar-refractivity contribution in [1.29, 1.82) is 0 Å². The van der Waals surface area contributed by atoms with Gasteiger partial charge in [0.25, 0.3) is 0 Å². The van der Waals surface area contributed by atoms with E-state index in [0.717, 1.165) is 25.9 Å². The van der Waals surface area contributed by atoms with Crippen LogP contribution in [0.25, 0.3) is 0 Å². The van der Waals surface area contributed by atoms with Crippen LogP contribution in [0.4, 0.5) is 5.69 Å². The summed E-state index contributed by atoms with van der Waals surface area (Å²) in [7, 11) is 5.97. The molecule has 0 spiro atoms. The Bertz CT molecular complexity index is 459. The minimum atomic E-state index is 0.249. The highest BCUT2D eigenvalue weighted by Crippen LogP contribution is 2.33. The molecule has 0 aliphatic carbocycles. The molecule has 4 nitrogen and oxygen atoms in total. The molecular formula is C16H25N3O. The lowest BCUT2D eigenvalue weighted by molar-refractivity contribution is -0.132. The summed E-state index contributed by atoms with van der Waals surface area (Å²) in [5, 5.41) is 3.05. The van der Waals surface area contributed by atoms with E-state index in [0.29, 0.717) is 6.42 Å². The van der Waals surface area contributed by atoms with Crippen LogP contribution in [0.3, 0.4) is 0 Å². The number of likely N-dealkylation sites (tertiary alicyclic amines) is 1. The normalized spacial score (nSPS) is 18.4. The first kappa shape index (κ1) is 14.9. The predicted molar refractivity (Wildman–Crippen MR) is 83.0 cm³/mol. The van der Waals surface area contributed by atoms with Crippen molar-refractivity contribution in [3.63, 3.8) is 0 Å². The molecule has 1 saturated heterocycles. The molecule has 0 aromatic heterocycles. The van der Waals surface area contributed by atoms with Gasteiger partial charge in [0, 0.05) is 39.3 Å². The van der Waals surface area contributed by atoms with Gasteiger partial charge in [-0.15, -0.1) is 0 Å². The number of anilines is 1. The second-order valence-corrected chi connectivity index (χ2v) is 5.59. The standard InChI is InChI=1S/C16H25N3O/c1-17-10-9-16(20)19-11-5-8-15(19)13-6-4-7-14(12-13)18(2)3/h4,6-7,12,15,17H,5,8-11H2,1-3H3. The van der Waals surface area contributed by atoms with Gasteiger partial charge < -0.3 is 15.1 Å². The summed E-state index contributed by atoms with van der Waals surface area (Å²) in [6, 6.07) is 8.78. The van der Waals surface area contributed by atoms with Gasteiger partial charge in [-0.3, -0.25) is 4.79 Å². The molecule has 1 fully saturated rings. The fraction of sp³-hybridized carbons (Fsp3) is 0.562. The second kappa shape index (κ2) is 6.75. The van der Waals surface area contributed by atoms with Crippen molar-refractivity contribution < 1.29 is 4.79 Å². The van der Waals surface area contributed by atoms with Crippen molar-refractivity contribution in [2.75, 3.05) is 39.1 Å². The maximum absolute atomic E-state index is 12.3. The first-order valence-electron chi connectivity index (χ1n) is 7.35. The molecule has 1 aliphatic rings. The number of benzene rings is 1. The maximum Gasteiger partial charge on any atom is 0.224 e. The van der Waals surface area contributed by atoms with Gasteiger partial charge in [-0.05, 0) is 37.6 Å². The molecule has 1 N–H and O–H groups in total. The van der Waals surface area contributed by atoms with E-state index < -0.39 is 0 Å². The Morgan fingerprint density at radius 1 is 1.45 bits per heavy atom. The topological polar surface area (TPSA) is 35.6 Å². The third kappa shape index (κ3) is 3.31. The van der Waals surface area contributed by atoms with Crippen molar-refractivity contribution in [1.82, 2.24) is 10.2 Å². The van der Waals surface area contributed by atoms with E-state index in [1.54, 1.807) is 0 Å². The highest BCUT2D eigenvalue weighted by molar-refractivity contribution is 5.77. The number of carbonyl (C=O) groups is 1. The molecule has 20 heavy (non-hydrogen) atoms. The minimum absolute atomic E-state index is 0.249. The van der Waals surface area contributed by atoms with Crippen molar-refractivity contribution in [3.8, 4) is 0 Å². The zero-order chi connectivity index (χ0) is 14.5. The lowest BCUT2D eigenvalue weighted by Gasteiger charge is -2.26. The lowest BCUT2D eigenvalue weighted by Crippen LogP contribution is -2.32. The fourth-order valence-electron chi connectivity index (χ4n) is 2.80. The van der Waals surface area contributed by atoms with E-state index in [-0.39, 0.29) is 11.9 Å². The molecule has 1 aliphatic heterocycles. The largest absolute Gasteiger partial charge is 0.378 e. The van der Waals surface area contributed by atoms with Gasteiger partial charge in [0.05, 0.1) is 6.04 Å². The number of nitrogens with zero attached hydrogens (tertiary/aromatic N) is 2. The van der Waals surface area contributed by atoms with Gasteiger partial charge in [-0.25, -0.2) is 0 Å². The van der Waals surface area contributed by atoms with E-state index in [1.165, 1.54) is 11.3 Å². The SMILES string of the molecule is CNCCC(=O)N1CCCC1c1cccc(N(C)C)c1. The molecule has 1 aromatic rings. The van der Waals surface area contributed by atoms with Gasteiger partial charge in [-0.2, -0.15) is 0 Å². The third-order valence-corrected chi connectivity index (χ3v) is 3.93. The van der Waals surface area contributed by atoms with E-state index in [9.17, 15) is 4.79 Å². The monoisotopic (exact) mass is 275 g/mol. The van der Waals surface area contributed by atoms with Crippen molar-refractivity contribution in [2.24, 2.45) is 0 Å². The van der Waals surface area contributed by atoms with Crippen LogP contribution in [-0.4, -0.2) is 45.0 Å². The van der Waals surface area contributed by atoms with Crippen LogP contribution < -0.4 is 10.2 Å². The molecule has 1 aromatic carbocycles. The van der Waals surface area contributed by atoms with Gasteiger partial charge in [-0.1, -0.05) is 12.1 Å². The van der Waals surface area contributed by atoms with Gasteiger partial charge in [0.15, 0.2) is 0 Å². The van der Waals surface area contributed by atoms with E-state index >= 15 is 0 Å². The molecule has 1 atom stereocenters. The molecule has 2 rings (SSSR count). The van der Waals surface area contributed by atoms with E-state index in [1.807, 2.05) is 26.0 Å². The molecule has 1 unspecified atom stereocenters. The quantitative estimate of drug-likeness (QED) is 0.893. The fourth-order valence-corrected chi connectivity index (χ4v) is 2.80. The van der Waals surface area contributed by atoms with E-state index in [4.69, 9.17) is 0 Å². The molecule has 1 amide bonds. The summed E-state index contributed by atoms with van der Waals surface area (Å²) in [5.41, 5.74) is 2.45. The number of amides is 1. The molecule has 1 heterocycles. The van der Waals surface area contributed by atoms with Gasteiger partial charge in [0.1, 0.15) is 0 Å². The number of nitrogens with one attached hydrogen (secondary N) is 1. The summed E-state index contributed by atoms with van der Waals surface area (Å²) in [6.07, 6.45) is 2.75. The Morgan fingerprint density at radius 2 is 2.25 bits per heavy atom. The van der Waals surface area contributed by atoms with Crippen LogP contribution >= 0.6 is 0 Å². The van der Waals surface area contributed by atoms with Gasteiger partial charge >= 0.3 is 0 Å². The highest BCUT2D eigenvalue weighted by atomic mass is 16.2. The van der Waals surface area contributed by atoms with Crippen LogP contribution in [-0.2, 0) is 4.79 Å². The van der Waals surface area contributed by atoms with Crippen molar-refractivity contribution in [3.05, 3.63) is 29.8 Å². The molecular weight excluding hydrogens is 250 g/mol. The Labute approximate surface area is 121 Å². The lowest BCUT2D eigenvalue weighted by atomic mass is 10.0. The van der Waals surface area contributed by atoms with Crippen LogP contribution in [0.2, 0.25) is 0 Å². The summed E-state index contributed by atoms with van der Waals surface area (Å²) in [6.45, 7) is 1.64. The summed E-state index contributed by atoms with van der Waals surface area (Å²) >= 11 is 0. The van der Waals surface area contributed by atoms with Crippen LogP contribution in [0.1, 0.15) is 30.9 Å². The van der Waals surface area contributed by atoms with Gasteiger partial charge in [0.2, 0.25) is 5.91 Å². The molecule has 0 radical (unpaired) electrons. The third-order valence-electron chi connectivity index (χ3n) is 3.93. The summed E-state index contributed by atoms with van der Waals surface area (Å²) < 4.78 is 0. The van der Waals surface area contributed by atoms with Crippen LogP contribution in [0.5, 0.6) is 0 Å². The smallest absolute Gasteiger partial charge is 0.224 e. The Morgan fingerprint density at radius 3 is 2.95 bits per heavy atom. The van der Waals surface area contributed by atoms with Crippen molar-refractivity contribution >= 4 is 11.6 Å². The summed E-state index contributed by atoms with van der Waals surface area (Å²) in [4.78, 5) is 16.4. The first-order chi connectivity index (χ1) is 9.63. The zero-order valence-electron chi connectivity index (χ0n) is 12.7. The average molecular weight is 275 g/mol. The summed E-state index contributed by atoms with van der Waals surface area (Å²) in [5.74, 6) is 0.261. The molecule has 0 saturated carbocycles. The number of rotatable bonds is 5. The number of hydrogen-bond acceptors (Lipinski definition) is 3. The number of carbonyl (C=O) groups excluding carboxylic acids is 1. The molecule has 110 valence electrons. The minimum Gasteiger partial charge on any atom is -0.378 e. The highest BCUT2D eigenvalue weighted by Gasteiger charge is 2.29. The Hall–Kier alpha value is -1.55. The first-order valence-corrected chi connectivity index (χ1v) is 7.35. The average Bonchev–Trinajstić information content (AvgIpc) is 2.94. The Kier molecular flexibility index (Phi) is 5.01. The number of hydrogen-bond donors (Lipinski definition) is 1.